The van der Waals surface area contributed by atoms with Crippen LogP contribution in [-0.2, 0) is 11.2 Å². The Morgan fingerprint density at radius 2 is 2.04 bits per heavy atom. The van der Waals surface area contributed by atoms with Crippen molar-refractivity contribution in [2.75, 3.05) is 24.6 Å². The van der Waals surface area contributed by atoms with E-state index in [0.29, 0.717) is 18.3 Å². The second-order valence-corrected chi connectivity index (χ2v) is 7.31. The highest BCUT2D eigenvalue weighted by Gasteiger charge is 2.30. The molecule has 150 valence electrons. The van der Waals surface area contributed by atoms with Crippen LogP contribution in [0.5, 0.6) is 0 Å². The van der Waals surface area contributed by atoms with Crippen LogP contribution in [-0.4, -0.2) is 46.9 Å². The Hall–Kier alpha value is -1.90. The summed E-state index contributed by atoms with van der Waals surface area (Å²) in [6.07, 6.45) is -0.245. The SMILES string of the molecule is O=C(CCC(F)(F)F)NC1CCCc2nc(N3CCC(CO)CC3)ncc21. The first-order chi connectivity index (χ1) is 12.9. The summed E-state index contributed by atoms with van der Waals surface area (Å²) in [5, 5.41) is 11.9. The number of anilines is 1. The fraction of sp³-hybridized carbons (Fsp3) is 0.722. The van der Waals surface area contributed by atoms with Gasteiger partial charge in [-0.25, -0.2) is 9.97 Å². The fourth-order valence-corrected chi connectivity index (χ4v) is 3.68. The fourth-order valence-electron chi connectivity index (χ4n) is 3.68. The zero-order valence-corrected chi connectivity index (χ0v) is 15.1. The Kier molecular flexibility index (Phi) is 6.18. The van der Waals surface area contributed by atoms with E-state index in [2.05, 4.69) is 20.2 Å². The average molecular weight is 386 g/mol. The van der Waals surface area contributed by atoms with Gasteiger partial charge in [0.05, 0.1) is 18.2 Å². The Bertz CT molecular complexity index is 660. The molecule has 2 heterocycles. The monoisotopic (exact) mass is 386 g/mol. The van der Waals surface area contributed by atoms with Crippen LogP contribution in [0.15, 0.2) is 6.20 Å². The molecule has 0 saturated carbocycles. The number of halogens is 3. The van der Waals surface area contributed by atoms with Crippen molar-refractivity contribution < 1.29 is 23.1 Å². The maximum Gasteiger partial charge on any atom is 0.389 e. The van der Waals surface area contributed by atoms with Crippen LogP contribution in [0.25, 0.3) is 0 Å². The lowest BCUT2D eigenvalue weighted by molar-refractivity contribution is -0.144. The van der Waals surface area contributed by atoms with Crippen LogP contribution in [0, 0.1) is 5.92 Å². The van der Waals surface area contributed by atoms with Crippen LogP contribution < -0.4 is 10.2 Å². The molecule has 1 aromatic rings. The van der Waals surface area contributed by atoms with Gasteiger partial charge in [-0.15, -0.1) is 0 Å². The third-order valence-corrected chi connectivity index (χ3v) is 5.30. The van der Waals surface area contributed by atoms with Gasteiger partial charge in [0.1, 0.15) is 0 Å². The molecule has 2 N–H and O–H groups in total. The smallest absolute Gasteiger partial charge is 0.389 e. The largest absolute Gasteiger partial charge is 0.396 e. The van der Waals surface area contributed by atoms with Crippen molar-refractivity contribution in [1.82, 2.24) is 15.3 Å². The Labute approximate surface area is 156 Å². The van der Waals surface area contributed by atoms with E-state index in [9.17, 15) is 23.1 Å². The molecule has 0 aromatic carbocycles. The van der Waals surface area contributed by atoms with E-state index >= 15 is 0 Å². The summed E-state index contributed by atoms with van der Waals surface area (Å²) in [5.74, 6) is 0.379. The molecular formula is C18H25F3N4O2. The van der Waals surface area contributed by atoms with Gasteiger partial charge in [-0.05, 0) is 38.0 Å². The minimum Gasteiger partial charge on any atom is -0.396 e. The number of hydrogen-bond acceptors (Lipinski definition) is 5. The number of aromatic nitrogens is 2. The molecule has 1 saturated heterocycles. The number of fused-ring (bicyclic) bond motifs is 1. The molecule has 1 amide bonds. The lowest BCUT2D eigenvalue weighted by atomic mass is 9.92. The normalized spacial score (nSPS) is 21.0. The number of amides is 1. The van der Waals surface area contributed by atoms with Crippen molar-refractivity contribution in [3.8, 4) is 0 Å². The van der Waals surface area contributed by atoms with Crippen molar-refractivity contribution >= 4 is 11.9 Å². The number of alkyl halides is 3. The van der Waals surface area contributed by atoms with Crippen molar-refractivity contribution in [2.24, 2.45) is 5.92 Å². The molecule has 0 radical (unpaired) electrons. The summed E-state index contributed by atoms with van der Waals surface area (Å²) in [4.78, 5) is 23.0. The molecule has 9 heteroatoms. The van der Waals surface area contributed by atoms with E-state index in [1.54, 1.807) is 6.20 Å². The number of carbonyl (C=O) groups is 1. The van der Waals surface area contributed by atoms with E-state index < -0.39 is 24.9 Å². The molecule has 27 heavy (non-hydrogen) atoms. The summed E-state index contributed by atoms with van der Waals surface area (Å²) in [6.45, 7) is 1.79. The highest BCUT2D eigenvalue weighted by atomic mass is 19.4. The second kappa shape index (κ2) is 8.41. The summed E-state index contributed by atoms with van der Waals surface area (Å²) in [5.41, 5.74) is 1.66. The van der Waals surface area contributed by atoms with E-state index in [0.717, 1.165) is 50.0 Å². The Morgan fingerprint density at radius 3 is 2.70 bits per heavy atom. The Morgan fingerprint density at radius 1 is 1.30 bits per heavy atom. The summed E-state index contributed by atoms with van der Waals surface area (Å²) in [7, 11) is 0. The van der Waals surface area contributed by atoms with Gasteiger partial charge in [0.2, 0.25) is 11.9 Å². The van der Waals surface area contributed by atoms with Gasteiger partial charge in [-0.3, -0.25) is 4.79 Å². The zero-order chi connectivity index (χ0) is 19.4. The number of carbonyl (C=O) groups excluding carboxylic acids is 1. The maximum absolute atomic E-state index is 12.3. The molecule has 1 atom stereocenters. The highest BCUT2D eigenvalue weighted by Crippen LogP contribution is 2.30. The summed E-state index contributed by atoms with van der Waals surface area (Å²) < 4.78 is 36.8. The molecule has 0 bridgehead atoms. The molecule has 1 unspecified atom stereocenters. The van der Waals surface area contributed by atoms with Crippen LogP contribution in [0.3, 0.4) is 0 Å². The minimum absolute atomic E-state index is 0.203. The molecule has 3 rings (SSSR count). The van der Waals surface area contributed by atoms with Gasteiger partial charge in [0.25, 0.3) is 0 Å². The third kappa shape index (κ3) is 5.31. The van der Waals surface area contributed by atoms with E-state index in [-0.39, 0.29) is 12.6 Å². The molecule has 2 aliphatic rings. The number of hydrogen-bond donors (Lipinski definition) is 2. The van der Waals surface area contributed by atoms with Crippen LogP contribution >= 0.6 is 0 Å². The summed E-state index contributed by atoms with van der Waals surface area (Å²) in [6, 6.07) is -0.330. The first-order valence-corrected chi connectivity index (χ1v) is 9.43. The van der Waals surface area contributed by atoms with E-state index in [1.807, 2.05) is 0 Å². The molecular weight excluding hydrogens is 361 g/mol. The number of aryl methyl sites for hydroxylation is 1. The zero-order valence-electron chi connectivity index (χ0n) is 15.1. The highest BCUT2D eigenvalue weighted by molar-refractivity contribution is 5.76. The van der Waals surface area contributed by atoms with E-state index in [4.69, 9.17) is 0 Å². The molecule has 0 spiro atoms. The summed E-state index contributed by atoms with van der Waals surface area (Å²) >= 11 is 0. The van der Waals surface area contributed by atoms with Crippen molar-refractivity contribution in [3.63, 3.8) is 0 Å². The lowest BCUT2D eigenvalue weighted by Crippen LogP contribution is -2.37. The number of aliphatic hydroxyl groups excluding tert-OH is 1. The predicted molar refractivity (Wildman–Crippen MR) is 93.2 cm³/mol. The molecule has 1 aromatic heterocycles. The van der Waals surface area contributed by atoms with Crippen molar-refractivity contribution in [3.05, 3.63) is 17.5 Å². The second-order valence-electron chi connectivity index (χ2n) is 7.31. The van der Waals surface area contributed by atoms with Crippen LogP contribution in [0.4, 0.5) is 19.1 Å². The van der Waals surface area contributed by atoms with Gasteiger partial charge in [-0.1, -0.05) is 0 Å². The van der Waals surface area contributed by atoms with Gasteiger partial charge in [0.15, 0.2) is 0 Å². The van der Waals surface area contributed by atoms with Gasteiger partial charge < -0.3 is 15.3 Å². The minimum atomic E-state index is -4.33. The first-order valence-electron chi connectivity index (χ1n) is 9.43. The third-order valence-electron chi connectivity index (χ3n) is 5.30. The standard InChI is InChI=1S/C18H25F3N4O2/c19-18(20,21)7-4-16(27)23-14-2-1-3-15-13(14)10-22-17(24-15)25-8-5-12(11-26)6-9-25/h10,12,14,26H,1-9,11H2,(H,23,27). The van der Waals surface area contributed by atoms with Crippen LogP contribution in [0.1, 0.15) is 55.8 Å². The number of aliphatic hydroxyl groups is 1. The van der Waals surface area contributed by atoms with Gasteiger partial charge in [-0.2, -0.15) is 13.2 Å². The van der Waals surface area contributed by atoms with Gasteiger partial charge in [0, 0.05) is 37.9 Å². The molecule has 6 nitrogen and oxygen atoms in total. The lowest BCUT2D eigenvalue weighted by Gasteiger charge is -2.32. The van der Waals surface area contributed by atoms with Crippen LogP contribution in [0.2, 0.25) is 0 Å². The number of nitrogens with one attached hydrogen (secondary N) is 1. The molecule has 1 fully saturated rings. The number of nitrogens with zero attached hydrogens (tertiary/aromatic N) is 3. The van der Waals surface area contributed by atoms with Crippen molar-refractivity contribution in [2.45, 2.75) is 57.2 Å². The van der Waals surface area contributed by atoms with E-state index in [1.165, 1.54) is 0 Å². The molecule has 1 aliphatic carbocycles. The Balaban J connectivity index is 1.63. The first kappa shape index (κ1) is 19.9. The topological polar surface area (TPSA) is 78.4 Å². The van der Waals surface area contributed by atoms with Crippen molar-refractivity contribution in [1.29, 1.82) is 0 Å². The quantitative estimate of drug-likeness (QED) is 0.813. The van der Waals surface area contributed by atoms with Gasteiger partial charge >= 0.3 is 6.18 Å². The maximum atomic E-state index is 12.3. The molecule has 1 aliphatic heterocycles. The number of rotatable bonds is 5. The average Bonchev–Trinajstić information content (AvgIpc) is 2.66. The number of piperidine rings is 1. The predicted octanol–water partition coefficient (Wildman–Crippen LogP) is 2.52.